The topological polar surface area (TPSA) is 47.9 Å². The molecule has 0 aliphatic carbocycles. The van der Waals surface area contributed by atoms with Crippen molar-refractivity contribution < 1.29 is 19.2 Å². The van der Waals surface area contributed by atoms with Crippen LogP contribution in [-0.2, 0) is 0 Å². The van der Waals surface area contributed by atoms with Crippen molar-refractivity contribution in [3.63, 3.8) is 0 Å². The fraction of sp³-hybridized carbons (Fsp3) is 0.250. The molecule has 1 heterocycles. The Balaban J connectivity index is 2.24. The van der Waals surface area contributed by atoms with E-state index in [1.54, 1.807) is 18.2 Å². The van der Waals surface area contributed by atoms with Gasteiger partial charge in [-0.05, 0) is 12.1 Å². The minimum atomic E-state index is 0.520. The summed E-state index contributed by atoms with van der Waals surface area (Å²) < 4.78 is 15.4. The van der Waals surface area contributed by atoms with E-state index >= 15 is 0 Å². The fourth-order valence-electron chi connectivity index (χ4n) is 1.16. The molecule has 1 aromatic rings. The third kappa shape index (κ3) is 1.70. The third-order valence-corrected chi connectivity index (χ3v) is 1.70. The summed E-state index contributed by atoms with van der Waals surface area (Å²) in [5, 5.41) is 8.40. The molecule has 1 N–H and O–H groups in total. The summed E-state index contributed by atoms with van der Waals surface area (Å²) in [7, 11) is 0.630. The van der Waals surface area contributed by atoms with Crippen molar-refractivity contribution in [2.45, 2.75) is 0 Å². The van der Waals surface area contributed by atoms with E-state index in [-0.39, 0.29) is 0 Å². The average molecular weight is 179 g/mol. The highest BCUT2D eigenvalue weighted by Gasteiger charge is 2.11. The van der Waals surface area contributed by atoms with Gasteiger partial charge < -0.3 is 19.2 Å². The second-order valence-electron chi connectivity index (χ2n) is 2.53. The Hall–Kier alpha value is -1.36. The molecule has 67 valence electrons. The Kier molecular flexibility index (Phi) is 2.27. The van der Waals surface area contributed by atoms with Crippen LogP contribution < -0.4 is 14.1 Å². The molecule has 1 aliphatic heterocycles. The summed E-state index contributed by atoms with van der Waals surface area (Å²) >= 11 is 0. The first kappa shape index (κ1) is 8.25. The van der Waals surface area contributed by atoms with Crippen molar-refractivity contribution in [3.05, 3.63) is 18.2 Å². The van der Waals surface area contributed by atoms with Gasteiger partial charge in [-0.15, -0.1) is 0 Å². The number of hydrogen-bond donors (Lipinski definition) is 1. The predicted octanol–water partition coefficient (Wildman–Crippen LogP) is 0.363. The van der Waals surface area contributed by atoms with Gasteiger partial charge in [0.25, 0.3) is 0 Å². The van der Waals surface area contributed by atoms with Crippen LogP contribution in [0.2, 0.25) is 0 Å². The average Bonchev–Trinajstić information content (AvgIpc) is 2.18. The van der Waals surface area contributed by atoms with Crippen LogP contribution in [0.25, 0.3) is 0 Å². The lowest BCUT2D eigenvalue weighted by Gasteiger charge is -2.18. The lowest BCUT2D eigenvalue weighted by molar-refractivity contribution is 0.171. The van der Waals surface area contributed by atoms with Crippen LogP contribution in [-0.4, -0.2) is 25.9 Å². The minimum absolute atomic E-state index is 0.520. The SMILES string of the molecule is O[B]Oc1ccc2c(c1)OCCO2. The molecule has 1 radical (unpaired) electrons. The monoisotopic (exact) mass is 179 g/mol. The summed E-state index contributed by atoms with van der Waals surface area (Å²) in [5.41, 5.74) is 0. The molecule has 0 unspecified atom stereocenters. The second-order valence-corrected chi connectivity index (χ2v) is 2.53. The van der Waals surface area contributed by atoms with E-state index in [0.717, 1.165) is 0 Å². The molecule has 0 bridgehead atoms. The van der Waals surface area contributed by atoms with Crippen molar-refractivity contribution >= 4 is 7.69 Å². The highest BCUT2D eigenvalue weighted by molar-refractivity contribution is 6.17. The van der Waals surface area contributed by atoms with Gasteiger partial charge in [0.05, 0.1) is 0 Å². The molecule has 13 heavy (non-hydrogen) atoms. The molecular weight excluding hydrogens is 171 g/mol. The molecule has 0 saturated carbocycles. The van der Waals surface area contributed by atoms with E-state index < -0.39 is 0 Å². The van der Waals surface area contributed by atoms with Gasteiger partial charge in [-0.3, -0.25) is 0 Å². The second kappa shape index (κ2) is 3.57. The van der Waals surface area contributed by atoms with E-state index in [0.29, 0.717) is 38.1 Å². The summed E-state index contributed by atoms with van der Waals surface area (Å²) in [6, 6.07) is 5.11. The first-order chi connectivity index (χ1) is 6.40. The van der Waals surface area contributed by atoms with Crippen LogP contribution in [0.1, 0.15) is 0 Å². The lowest BCUT2D eigenvalue weighted by Crippen LogP contribution is -2.15. The van der Waals surface area contributed by atoms with Gasteiger partial charge in [-0.25, -0.2) is 0 Å². The Morgan fingerprint density at radius 1 is 1.23 bits per heavy atom. The summed E-state index contributed by atoms with van der Waals surface area (Å²) in [6.07, 6.45) is 0. The zero-order valence-corrected chi connectivity index (χ0v) is 6.90. The molecule has 1 aromatic carbocycles. The standard InChI is InChI=1S/C8H8BO4/c10-9-13-6-1-2-7-8(5-6)12-4-3-11-7/h1-2,5,10H,3-4H2. The highest BCUT2D eigenvalue weighted by Crippen LogP contribution is 2.33. The van der Waals surface area contributed by atoms with E-state index in [2.05, 4.69) is 0 Å². The summed E-state index contributed by atoms with van der Waals surface area (Å²) in [4.78, 5) is 0. The Morgan fingerprint density at radius 2 is 2.00 bits per heavy atom. The lowest BCUT2D eigenvalue weighted by atomic mass is 10.2. The van der Waals surface area contributed by atoms with E-state index in [9.17, 15) is 0 Å². The molecule has 0 amide bonds. The van der Waals surface area contributed by atoms with Crippen LogP contribution in [0.3, 0.4) is 0 Å². The van der Waals surface area contributed by atoms with Gasteiger partial charge in [0.2, 0.25) is 0 Å². The Morgan fingerprint density at radius 3 is 2.77 bits per heavy atom. The van der Waals surface area contributed by atoms with Gasteiger partial charge in [-0.2, -0.15) is 0 Å². The molecule has 1 aliphatic rings. The maximum Gasteiger partial charge on any atom is 0.569 e. The van der Waals surface area contributed by atoms with Crippen molar-refractivity contribution in [1.82, 2.24) is 0 Å². The molecule has 2 rings (SSSR count). The van der Waals surface area contributed by atoms with E-state index in [4.69, 9.17) is 19.2 Å². The van der Waals surface area contributed by atoms with Crippen molar-refractivity contribution in [2.24, 2.45) is 0 Å². The van der Waals surface area contributed by atoms with Gasteiger partial charge in [0, 0.05) is 6.07 Å². The van der Waals surface area contributed by atoms with Gasteiger partial charge >= 0.3 is 7.69 Å². The van der Waals surface area contributed by atoms with Crippen LogP contribution in [0.5, 0.6) is 17.2 Å². The molecule has 0 atom stereocenters. The molecule has 0 aromatic heterocycles. The first-order valence-electron chi connectivity index (χ1n) is 3.92. The summed E-state index contributed by atoms with van der Waals surface area (Å²) in [6.45, 7) is 1.11. The number of benzene rings is 1. The van der Waals surface area contributed by atoms with E-state index in [1.165, 1.54) is 0 Å². The molecule has 0 saturated heterocycles. The molecule has 4 nitrogen and oxygen atoms in total. The fourth-order valence-corrected chi connectivity index (χ4v) is 1.16. The maximum atomic E-state index is 8.40. The Bertz CT molecular complexity index is 302. The van der Waals surface area contributed by atoms with Crippen LogP contribution in [0, 0.1) is 0 Å². The highest BCUT2D eigenvalue weighted by atomic mass is 16.6. The predicted molar refractivity (Wildman–Crippen MR) is 46.0 cm³/mol. The van der Waals surface area contributed by atoms with Crippen molar-refractivity contribution in [1.29, 1.82) is 0 Å². The normalized spacial score (nSPS) is 13.6. The molecule has 5 heteroatoms. The summed E-state index contributed by atoms with van der Waals surface area (Å²) in [5.74, 6) is 1.87. The number of ether oxygens (including phenoxy) is 2. The zero-order chi connectivity index (χ0) is 9.10. The number of fused-ring (bicyclic) bond motifs is 1. The van der Waals surface area contributed by atoms with Crippen LogP contribution >= 0.6 is 0 Å². The largest absolute Gasteiger partial charge is 0.569 e. The first-order valence-corrected chi connectivity index (χ1v) is 3.92. The number of rotatable bonds is 2. The smallest absolute Gasteiger partial charge is 0.537 e. The van der Waals surface area contributed by atoms with Gasteiger partial charge in [0.15, 0.2) is 11.5 Å². The minimum Gasteiger partial charge on any atom is -0.537 e. The van der Waals surface area contributed by atoms with Crippen LogP contribution in [0.4, 0.5) is 0 Å². The number of hydrogen-bond acceptors (Lipinski definition) is 4. The molecule has 0 fully saturated rings. The van der Waals surface area contributed by atoms with Gasteiger partial charge in [-0.1, -0.05) is 0 Å². The zero-order valence-electron chi connectivity index (χ0n) is 6.90. The van der Waals surface area contributed by atoms with E-state index in [1.807, 2.05) is 0 Å². The maximum absolute atomic E-state index is 8.40. The van der Waals surface area contributed by atoms with Crippen molar-refractivity contribution in [3.8, 4) is 17.2 Å². The van der Waals surface area contributed by atoms with Crippen LogP contribution in [0.15, 0.2) is 18.2 Å². The molecular formula is C8H8BO4. The Labute approximate surface area is 76.3 Å². The quantitative estimate of drug-likeness (QED) is 0.666. The third-order valence-electron chi connectivity index (χ3n) is 1.70. The molecule has 0 spiro atoms. The van der Waals surface area contributed by atoms with Crippen molar-refractivity contribution in [2.75, 3.05) is 13.2 Å². The van der Waals surface area contributed by atoms with Gasteiger partial charge in [0.1, 0.15) is 19.0 Å².